The fourth-order valence-electron chi connectivity index (χ4n) is 2.82. The number of nitrogens with one attached hydrogen (secondary N) is 1. The topological polar surface area (TPSA) is 87.0 Å². The van der Waals surface area contributed by atoms with E-state index in [1.807, 2.05) is 32.0 Å². The summed E-state index contributed by atoms with van der Waals surface area (Å²) in [5, 5.41) is 2.91. The Morgan fingerprint density at radius 1 is 1.15 bits per heavy atom. The standard InChI is InChI=1S/C20H23NO6/c1-13(2)19(14-6-7-15-17(11-14)26-10-4-9-24-15)21-18(22)12-27-20(23)16-5-3-8-25-16/h3,5-8,11,13,19H,4,9-10,12H2,1-2H3,(H,21,22)/t19-/m0/s1. The van der Waals surface area contributed by atoms with E-state index in [0.29, 0.717) is 24.7 Å². The number of amides is 1. The SMILES string of the molecule is CC(C)[C@H](NC(=O)COC(=O)c1ccco1)c1ccc2c(c1)OCCCO2. The van der Waals surface area contributed by atoms with E-state index in [2.05, 4.69) is 5.32 Å². The van der Waals surface area contributed by atoms with Gasteiger partial charge in [0.15, 0.2) is 18.1 Å². The number of furan rings is 1. The van der Waals surface area contributed by atoms with E-state index in [-0.39, 0.29) is 30.2 Å². The molecule has 0 saturated carbocycles. The van der Waals surface area contributed by atoms with Crippen molar-refractivity contribution in [3.63, 3.8) is 0 Å². The van der Waals surface area contributed by atoms with Crippen molar-refractivity contribution in [1.29, 1.82) is 0 Å². The largest absolute Gasteiger partial charge is 0.490 e. The zero-order chi connectivity index (χ0) is 19.2. The summed E-state index contributed by atoms with van der Waals surface area (Å²) in [4.78, 5) is 24.0. The van der Waals surface area contributed by atoms with Gasteiger partial charge in [0.05, 0.1) is 25.5 Å². The molecule has 7 nitrogen and oxygen atoms in total. The Hall–Kier alpha value is -2.96. The molecule has 0 spiro atoms. The van der Waals surface area contributed by atoms with E-state index in [4.69, 9.17) is 18.6 Å². The Bertz CT molecular complexity index is 784. The van der Waals surface area contributed by atoms with Gasteiger partial charge in [-0.05, 0) is 35.7 Å². The molecule has 1 atom stereocenters. The minimum Gasteiger partial charge on any atom is -0.490 e. The molecule has 144 valence electrons. The first-order chi connectivity index (χ1) is 13.0. The van der Waals surface area contributed by atoms with Crippen LogP contribution in [0.15, 0.2) is 41.0 Å². The van der Waals surface area contributed by atoms with Crippen molar-refractivity contribution in [3.8, 4) is 11.5 Å². The predicted octanol–water partition coefficient (Wildman–Crippen LogP) is 3.11. The van der Waals surface area contributed by atoms with Gasteiger partial charge < -0.3 is 23.9 Å². The lowest BCUT2D eigenvalue weighted by atomic mass is 9.95. The Morgan fingerprint density at radius 2 is 1.93 bits per heavy atom. The molecule has 3 rings (SSSR count). The maximum Gasteiger partial charge on any atom is 0.374 e. The summed E-state index contributed by atoms with van der Waals surface area (Å²) < 4.78 is 21.3. The zero-order valence-corrected chi connectivity index (χ0v) is 15.4. The normalized spacial score (nSPS) is 14.3. The molecule has 1 aromatic heterocycles. The Labute approximate surface area is 157 Å². The molecule has 1 aliphatic heterocycles. The molecular weight excluding hydrogens is 350 g/mol. The molecule has 27 heavy (non-hydrogen) atoms. The van der Waals surface area contributed by atoms with E-state index >= 15 is 0 Å². The van der Waals surface area contributed by atoms with Crippen molar-refractivity contribution in [2.75, 3.05) is 19.8 Å². The predicted molar refractivity (Wildman–Crippen MR) is 96.8 cm³/mol. The summed E-state index contributed by atoms with van der Waals surface area (Å²) in [5.74, 6) is 0.504. The van der Waals surface area contributed by atoms with E-state index in [0.717, 1.165) is 12.0 Å². The fraction of sp³-hybridized carbons (Fsp3) is 0.400. The minimum absolute atomic E-state index is 0.0612. The Morgan fingerprint density at radius 3 is 2.63 bits per heavy atom. The maximum absolute atomic E-state index is 12.3. The van der Waals surface area contributed by atoms with Crippen LogP contribution in [0.1, 0.15) is 42.4 Å². The third kappa shape index (κ3) is 4.81. The third-order valence-corrected chi connectivity index (χ3v) is 4.17. The van der Waals surface area contributed by atoms with E-state index in [1.165, 1.54) is 12.3 Å². The van der Waals surface area contributed by atoms with Crippen molar-refractivity contribution in [1.82, 2.24) is 5.32 Å². The highest BCUT2D eigenvalue weighted by molar-refractivity contribution is 5.88. The molecule has 0 radical (unpaired) electrons. The lowest BCUT2D eigenvalue weighted by molar-refractivity contribution is -0.125. The first kappa shape index (κ1) is 18.8. The Kier molecular flexibility index (Phi) is 6.01. The number of carbonyl (C=O) groups is 2. The number of ether oxygens (including phenoxy) is 3. The summed E-state index contributed by atoms with van der Waals surface area (Å²) in [5.41, 5.74) is 0.903. The monoisotopic (exact) mass is 373 g/mol. The van der Waals surface area contributed by atoms with Crippen LogP contribution in [-0.2, 0) is 9.53 Å². The summed E-state index contributed by atoms with van der Waals surface area (Å²) in [6, 6.07) is 8.46. The summed E-state index contributed by atoms with van der Waals surface area (Å²) in [6.07, 6.45) is 2.20. The first-order valence-electron chi connectivity index (χ1n) is 8.94. The van der Waals surface area contributed by atoms with Crippen molar-refractivity contribution in [2.24, 2.45) is 5.92 Å². The van der Waals surface area contributed by atoms with Crippen molar-refractivity contribution in [3.05, 3.63) is 47.9 Å². The van der Waals surface area contributed by atoms with Crippen LogP contribution < -0.4 is 14.8 Å². The molecule has 0 unspecified atom stereocenters. The second-order valence-electron chi connectivity index (χ2n) is 6.60. The summed E-state index contributed by atoms with van der Waals surface area (Å²) in [7, 11) is 0. The molecular formula is C20H23NO6. The van der Waals surface area contributed by atoms with Gasteiger partial charge in [-0.3, -0.25) is 4.79 Å². The van der Waals surface area contributed by atoms with Crippen LogP contribution >= 0.6 is 0 Å². The van der Waals surface area contributed by atoms with Gasteiger partial charge in [-0.15, -0.1) is 0 Å². The molecule has 2 heterocycles. The van der Waals surface area contributed by atoms with Crippen LogP contribution in [-0.4, -0.2) is 31.7 Å². The van der Waals surface area contributed by atoms with E-state index in [9.17, 15) is 9.59 Å². The van der Waals surface area contributed by atoms with Gasteiger partial charge in [0.2, 0.25) is 5.76 Å². The van der Waals surface area contributed by atoms with Crippen molar-refractivity contribution in [2.45, 2.75) is 26.3 Å². The second-order valence-corrected chi connectivity index (χ2v) is 6.60. The maximum atomic E-state index is 12.3. The van der Waals surface area contributed by atoms with Gasteiger partial charge in [-0.25, -0.2) is 4.79 Å². The van der Waals surface area contributed by atoms with Gasteiger partial charge in [-0.2, -0.15) is 0 Å². The average Bonchev–Trinajstić information content (AvgIpc) is 3.09. The van der Waals surface area contributed by atoms with Crippen LogP contribution in [0.5, 0.6) is 11.5 Å². The molecule has 2 aromatic rings. The van der Waals surface area contributed by atoms with Gasteiger partial charge >= 0.3 is 5.97 Å². The number of carbonyl (C=O) groups excluding carboxylic acids is 2. The average molecular weight is 373 g/mol. The number of benzene rings is 1. The molecule has 1 aliphatic rings. The molecule has 1 amide bonds. The highest BCUT2D eigenvalue weighted by Crippen LogP contribution is 2.34. The van der Waals surface area contributed by atoms with Crippen LogP contribution in [0.25, 0.3) is 0 Å². The molecule has 0 saturated heterocycles. The van der Waals surface area contributed by atoms with Gasteiger partial charge in [0.1, 0.15) is 0 Å². The molecule has 7 heteroatoms. The summed E-state index contributed by atoms with van der Waals surface area (Å²) >= 11 is 0. The molecule has 0 bridgehead atoms. The van der Waals surface area contributed by atoms with Crippen molar-refractivity contribution >= 4 is 11.9 Å². The number of rotatable bonds is 6. The number of hydrogen-bond donors (Lipinski definition) is 1. The van der Waals surface area contributed by atoms with Gasteiger partial charge in [0.25, 0.3) is 5.91 Å². The highest BCUT2D eigenvalue weighted by Gasteiger charge is 2.22. The summed E-state index contributed by atoms with van der Waals surface area (Å²) in [6.45, 7) is 4.84. The fourth-order valence-corrected chi connectivity index (χ4v) is 2.82. The van der Waals surface area contributed by atoms with Gasteiger partial charge in [-0.1, -0.05) is 19.9 Å². The quantitative estimate of drug-likeness (QED) is 0.783. The first-order valence-corrected chi connectivity index (χ1v) is 8.94. The third-order valence-electron chi connectivity index (χ3n) is 4.17. The van der Waals surface area contributed by atoms with Crippen LogP contribution in [0.2, 0.25) is 0 Å². The van der Waals surface area contributed by atoms with Crippen LogP contribution in [0, 0.1) is 5.92 Å². The van der Waals surface area contributed by atoms with Crippen LogP contribution in [0.3, 0.4) is 0 Å². The smallest absolute Gasteiger partial charge is 0.374 e. The lowest BCUT2D eigenvalue weighted by Crippen LogP contribution is -2.35. The molecule has 0 aliphatic carbocycles. The highest BCUT2D eigenvalue weighted by atomic mass is 16.5. The lowest BCUT2D eigenvalue weighted by Gasteiger charge is -2.23. The Balaban J connectivity index is 1.64. The zero-order valence-electron chi connectivity index (χ0n) is 15.4. The van der Waals surface area contributed by atoms with Crippen LogP contribution in [0.4, 0.5) is 0 Å². The number of fused-ring (bicyclic) bond motifs is 1. The molecule has 1 N–H and O–H groups in total. The van der Waals surface area contributed by atoms with Crippen molar-refractivity contribution < 1.29 is 28.2 Å². The minimum atomic E-state index is -0.674. The molecule has 0 fully saturated rings. The molecule has 1 aromatic carbocycles. The second kappa shape index (κ2) is 8.62. The van der Waals surface area contributed by atoms with E-state index < -0.39 is 5.97 Å². The number of hydrogen-bond acceptors (Lipinski definition) is 6. The van der Waals surface area contributed by atoms with Gasteiger partial charge in [0, 0.05) is 6.42 Å². The number of esters is 1. The van der Waals surface area contributed by atoms with E-state index in [1.54, 1.807) is 6.07 Å².